The van der Waals surface area contributed by atoms with Crippen molar-refractivity contribution >= 4 is 16.7 Å². The zero-order valence-corrected chi connectivity index (χ0v) is 16.2. The van der Waals surface area contributed by atoms with E-state index in [0.29, 0.717) is 17.4 Å². The molecule has 4 heteroatoms. The third kappa shape index (κ3) is 3.73. The summed E-state index contributed by atoms with van der Waals surface area (Å²) in [4.78, 5) is 12.8. The summed E-state index contributed by atoms with van der Waals surface area (Å²) in [5.41, 5.74) is 3.83. The lowest BCUT2D eigenvalue weighted by atomic mass is 10.00. The summed E-state index contributed by atoms with van der Waals surface area (Å²) in [5, 5.41) is 10.7. The molecule has 0 saturated carbocycles. The van der Waals surface area contributed by atoms with E-state index in [1.165, 1.54) is 0 Å². The van der Waals surface area contributed by atoms with Crippen molar-refractivity contribution in [2.45, 2.75) is 32.6 Å². The Hall–Kier alpha value is -3.06. The van der Waals surface area contributed by atoms with Crippen LogP contribution in [0.5, 0.6) is 5.75 Å². The number of fused-ring (bicyclic) bond motifs is 1. The second-order valence-electron chi connectivity index (χ2n) is 7.20. The normalized spacial score (nSPS) is 12.1. The number of aryl methyl sites for hydroxylation is 2. The van der Waals surface area contributed by atoms with Gasteiger partial charge in [-0.25, -0.2) is 0 Å². The Morgan fingerprint density at radius 1 is 1.19 bits per heavy atom. The monoisotopic (exact) mass is 360 g/mol. The van der Waals surface area contributed by atoms with Crippen molar-refractivity contribution in [3.63, 3.8) is 0 Å². The lowest BCUT2D eigenvalue weighted by molar-refractivity contribution is -0.121. The Labute approximate surface area is 160 Å². The molecule has 0 amide bonds. The fourth-order valence-corrected chi connectivity index (χ4v) is 3.37. The molecule has 0 aliphatic rings. The van der Waals surface area contributed by atoms with Crippen LogP contribution >= 0.6 is 0 Å². The molecule has 27 heavy (non-hydrogen) atoms. The van der Waals surface area contributed by atoms with Gasteiger partial charge in [0.2, 0.25) is 0 Å². The summed E-state index contributed by atoms with van der Waals surface area (Å²) in [5.74, 6) is -0.0814. The highest BCUT2D eigenvalue weighted by atomic mass is 16.5. The maximum Gasteiger partial charge on any atom is 0.193 e. The fraction of sp³-hybridized carbons (Fsp3) is 0.304. The summed E-state index contributed by atoms with van der Waals surface area (Å²) < 4.78 is 7.76. The molecule has 1 unspecified atom stereocenters. The van der Waals surface area contributed by atoms with Crippen molar-refractivity contribution in [2.75, 3.05) is 6.61 Å². The molecule has 4 nitrogen and oxygen atoms in total. The number of Topliss-reactive ketones (excluding diaryl/α,β-unsaturated/α-hetero) is 1. The molecule has 0 N–H and O–H groups in total. The summed E-state index contributed by atoms with van der Waals surface area (Å²) in [6.07, 6.45) is 0. The third-order valence-electron chi connectivity index (χ3n) is 4.90. The van der Waals surface area contributed by atoms with Gasteiger partial charge in [-0.1, -0.05) is 44.2 Å². The minimum absolute atomic E-state index is 0.122. The van der Waals surface area contributed by atoms with Gasteiger partial charge in [0.25, 0.3) is 0 Å². The maximum absolute atomic E-state index is 12.8. The van der Waals surface area contributed by atoms with E-state index >= 15 is 0 Å². The maximum atomic E-state index is 12.8. The predicted octanol–water partition coefficient (Wildman–Crippen LogP) is 4.87. The number of hydrogen-bond donors (Lipinski definition) is 0. The van der Waals surface area contributed by atoms with Crippen LogP contribution in [0.1, 0.15) is 42.5 Å². The van der Waals surface area contributed by atoms with Gasteiger partial charge in [-0.15, -0.1) is 0 Å². The molecule has 3 rings (SSSR count). The molecule has 1 atom stereocenters. The highest BCUT2D eigenvalue weighted by Crippen LogP contribution is 2.29. The standard InChI is InChI=1S/C23H24N2O2/c1-15(2)18-10-9-16(3)11-23(18)27-14-22(26)19(13-24)21-12-17-7-5-6-8-20(17)25(21)4/h5-12,15,19H,14H2,1-4H3. The van der Waals surface area contributed by atoms with Crippen molar-refractivity contribution in [3.8, 4) is 11.8 Å². The van der Waals surface area contributed by atoms with E-state index in [-0.39, 0.29) is 12.4 Å². The van der Waals surface area contributed by atoms with Crippen LogP contribution in [0.15, 0.2) is 48.5 Å². The van der Waals surface area contributed by atoms with Crippen LogP contribution in [0, 0.1) is 18.3 Å². The number of nitriles is 1. The quantitative estimate of drug-likeness (QED) is 0.630. The van der Waals surface area contributed by atoms with E-state index in [1.54, 1.807) is 0 Å². The molecule has 0 aliphatic heterocycles. The van der Waals surface area contributed by atoms with Gasteiger partial charge in [0.05, 0.1) is 6.07 Å². The van der Waals surface area contributed by atoms with E-state index < -0.39 is 5.92 Å². The smallest absolute Gasteiger partial charge is 0.193 e. The molecule has 3 aromatic rings. The van der Waals surface area contributed by atoms with E-state index in [2.05, 4.69) is 19.9 Å². The summed E-state index contributed by atoms with van der Waals surface area (Å²) in [6.45, 7) is 6.05. The minimum atomic E-state index is -0.852. The van der Waals surface area contributed by atoms with E-state index in [1.807, 2.05) is 67.1 Å². The zero-order chi connectivity index (χ0) is 19.6. The van der Waals surface area contributed by atoms with Gasteiger partial charge in [0, 0.05) is 18.3 Å². The second kappa shape index (κ2) is 7.67. The number of carbonyl (C=O) groups excluding carboxylic acids is 1. The van der Waals surface area contributed by atoms with Crippen LogP contribution in [-0.4, -0.2) is 17.0 Å². The SMILES string of the molecule is Cc1ccc(C(C)C)c(OCC(=O)C(C#N)c2cc3ccccc3n2C)c1. The topological polar surface area (TPSA) is 55.0 Å². The van der Waals surface area contributed by atoms with Gasteiger partial charge in [-0.3, -0.25) is 4.79 Å². The van der Waals surface area contributed by atoms with Gasteiger partial charge >= 0.3 is 0 Å². The zero-order valence-electron chi connectivity index (χ0n) is 16.2. The lowest BCUT2D eigenvalue weighted by Gasteiger charge is -2.16. The minimum Gasteiger partial charge on any atom is -0.485 e. The number of carbonyl (C=O) groups is 1. The fourth-order valence-electron chi connectivity index (χ4n) is 3.37. The first-order chi connectivity index (χ1) is 12.9. The molecule has 2 aromatic carbocycles. The molecule has 1 aromatic heterocycles. The summed E-state index contributed by atoms with van der Waals surface area (Å²) >= 11 is 0. The Morgan fingerprint density at radius 3 is 2.59 bits per heavy atom. The van der Waals surface area contributed by atoms with Crippen LogP contribution in [0.4, 0.5) is 0 Å². The Kier molecular flexibility index (Phi) is 5.32. The lowest BCUT2D eigenvalue weighted by Crippen LogP contribution is -2.21. The van der Waals surface area contributed by atoms with Crippen LogP contribution < -0.4 is 4.74 Å². The van der Waals surface area contributed by atoms with Gasteiger partial charge in [-0.2, -0.15) is 5.26 Å². The Balaban J connectivity index is 1.83. The molecule has 0 saturated heterocycles. The molecule has 0 aliphatic carbocycles. The highest BCUT2D eigenvalue weighted by molar-refractivity contribution is 5.92. The van der Waals surface area contributed by atoms with Crippen LogP contribution in [0.25, 0.3) is 10.9 Å². The molecular formula is C23H24N2O2. The Morgan fingerprint density at radius 2 is 1.93 bits per heavy atom. The van der Waals surface area contributed by atoms with Gasteiger partial charge in [0.15, 0.2) is 5.78 Å². The van der Waals surface area contributed by atoms with Crippen molar-refractivity contribution in [3.05, 3.63) is 65.4 Å². The number of aromatic nitrogens is 1. The second-order valence-corrected chi connectivity index (χ2v) is 7.20. The molecule has 0 radical (unpaired) electrons. The van der Waals surface area contributed by atoms with Crippen LogP contribution in [0.3, 0.4) is 0 Å². The van der Waals surface area contributed by atoms with Gasteiger partial charge < -0.3 is 9.30 Å². The van der Waals surface area contributed by atoms with Crippen LogP contribution in [-0.2, 0) is 11.8 Å². The average molecular weight is 360 g/mol. The van der Waals surface area contributed by atoms with E-state index in [9.17, 15) is 10.1 Å². The first-order valence-corrected chi connectivity index (χ1v) is 9.12. The highest BCUT2D eigenvalue weighted by Gasteiger charge is 2.25. The van der Waals surface area contributed by atoms with Crippen LogP contribution in [0.2, 0.25) is 0 Å². The number of para-hydroxylation sites is 1. The van der Waals surface area contributed by atoms with Crippen molar-refractivity contribution in [1.82, 2.24) is 4.57 Å². The summed E-state index contributed by atoms with van der Waals surface area (Å²) in [6, 6.07) is 17.9. The molecule has 1 heterocycles. The van der Waals surface area contributed by atoms with Crippen molar-refractivity contribution in [2.24, 2.45) is 7.05 Å². The molecule has 0 bridgehead atoms. The molecule has 138 valence electrons. The third-order valence-corrected chi connectivity index (χ3v) is 4.90. The number of benzene rings is 2. The van der Waals surface area contributed by atoms with Gasteiger partial charge in [-0.05, 0) is 47.6 Å². The molecule has 0 fully saturated rings. The first-order valence-electron chi connectivity index (χ1n) is 9.12. The Bertz CT molecular complexity index is 1020. The average Bonchev–Trinajstić information content (AvgIpc) is 2.97. The summed E-state index contributed by atoms with van der Waals surface area (Å²) in [7, 11) is 1.88. The van der Waals surface area contributed by atoms with E-state index in [0.717, 1.165) is 22.0 Å². The largest absolute Gasteiger partial charge is 0.485 e. The number of ketones is 1. The van der Waals surface area contributed by atoms with Crippen molar-refractivity contribution in [1.29, 1.82) is 5.26 Å². The number of rotatable bonds is 6. The number of nitrogens with zero attached hydrogens (tertiary/aromatic N) is 2. The molecular weight excluding hydrogens is 336 g/mol. The first kappa shape index (κ1) is 18.7. The number of hydrogen-bond acceptors (Lipinski definition) is 3. The van der Waals surface area contributed by atoms with E-state index in [4.69, 9.17) is 4.74 Å². The number of ether oxygens (including phenoxy) is 1. The van der Waals surface area contributed by atoms with Crippen molar-refractivity contribution < 1.29 is 9.53 Å². The predicted molar refractivity (Wildman–Crippen MR) is 107 cm³/mol. The molecule has 0 spiro atoms. The van der Waals surface area contributed by atoms with Gasteiger partial charge in [0.1, 0.15) is 18.3 Å².